The highest BCUT2D eigenvalue weighted by Crippen LogP contribution is 2.36. The lowest BCUT2D eigenvalue weighted by molar-refractivity contribution is -0.137. The van der Waals surface area contributed by atoms with E-state index in [1.165, 1.54) is 44.4 Å². The molecule has 33 heavy (non-hydrogen) atoms. The first-order valence-corrected chi connectivity index (χ1v) is 9.48. The van der Waals surface area contributed by atoms with Gasteiger partial charge in [-0.1, -0.05) is 6.07 Å². The summed E-state index contributed by atoms with van der Waals surface area (Å²) < 4.78 is 58.7. The molecule has 0 fully saturated rings. The molecule has 0 unspecified atom stereocenters. The van der Waals surface area contributed by atoms with Gasteiger partial charge in [0.15, 0.2) is 0 Å². The highest BCUT2D eigenvalue weighted by molar-refractivity contribution is 6.07. The standard InChI is InChI=1S/C23H18F4N2O4/c1-13-10-16(24)7-9-19(13)33-20-12-15(23(25,26)27)6-8-18(20)22(31)28-17-5-3-4-14(11-17)21(30)29-32-2/h3-12H,1-2H3,(H,28,31)(H,29,30). The lowest BCUT2D eigenvalue weighted by atomic mass is 10.1. The van der Waals surface area contributed by atoms with Gasteiger partial charge in [-0.3, -0.25) is 14.4 Å². The number of benzene rings is 3. The van der Waals surface area contributed by atoms with Gasteiger partial charge in [0.1, 0.15) is 17.3 Å². The third-order valence-electron chi connectivity index (χ3n) is 4.49. The molecular weight excluding hydrogens is 444 g/mol. The van der Waals surface area contributed by atoms with E-state index in [1.807, 2.05) is 0 Å². The van der Waals surface area contributed by atoms with Gasteiger partial charge in [0, 0.05) is 11.3 Å². The normalized spacial score (nSPS) is 11.1. The molecule has 0 spiro atoms. The summed E-state index contributed by atoms with van der Waals surface area (Å²) in [6.07, 6.45) is -4.67. The van der Waals surface area contributed by atoms with Crippen molar-refractivity contribution < 1.29 is 36.7 Å². The topological polar surface area (TPSA) is 76.7 Å². The average molecular weight is 462 g/mol. The fourth-order valence-corrected chi connectivity index (χ4v) is 2.90. The van der Waals surface area contributed by atoms with Gasteiger partial charge in [0.05, 0.1) is 18.2 Å². The molecule has 0 bridgehead atoms. The predicted molar refractivity (Wildman–Crippen MR) is 112 cm³/mol. The summed E-state index contributed by atoms with van der Waals surface area (Å²) >= 11 is 0. The maximum absolute atomic E-state index is 13.4. The van der Waals surface area contributed by atoms with Crippen LogP contribution < -0.4 is 15.5 Å². The van der Waals surface area contributed by atoms with Crippen molar-refractivity contribution in [3.63, 3.8) is 0 Å². The molecule has 0 saturated carbocycles. The van der Waals surface area contributed by atoms with E-state index in [9.17, 15) is 27.2 Å². The van der Waals surface area contributed by atoms with Crippen molar-refractivity contribution in [1.82, 2.24) is 5.48 Å². The molecule has 0 aromatic heterocycles. The summed E-state index contributed by atoms with van der Waals surface area (Å²) in [6, 6.07) is 11.8. The number of aryl methyl sites for hydroxylation is 1. The zero-order valence-corrected chi connectivity index (χ0v) is 17.4. The molecule has 3 aromatic carbocycles. The minimum Gasteiger partial charge on any atom is -0.456 e. The summed E-state index contributed by atoms with van der Waals surface area (Å²) in [6.45, 7) is 1.52. The van der Waals surface area contributed by atoms with Crippen LogP contribution in [0.3, 0.4) is 0 Å². The number of amides is 2. The molecule has 2 N–H and O–H groups in total. The van der Waals surface area contributed by atoms with E-state index in [-0.39, 0.29) is 28.3 Å². The zero-order chi connectivity index (χ0) is 24.2. The summed E-state index contributed by atoms with van der Waals surface area (Å²) in [5.41, 5.74) is 1.64. The minimum absolute atomic E-state index is 0.0861. The Morgan fingerprint density at radius 3 is 2.33 bits per heavy atom. The second-order valence-corrected chi connectivity index (χ2v) is 6.89. The first-order valence-electron chi connectivity index (χ1n) is 9.48. The third-order valence-corrected chi connectivity index (χ3v) is 4.49. The second kappa shape index (κ2) is 9.70. The quantitative estimate of drug-likeness (QED) is 0.375. The summed E-state index contributed by atoms with van der Waals surface area (Å²) in [5, 5.41) is 2.52. The van der Waals surface area contributed by atoms with Crippen LogP contribution in [-0.2, 0) is 11.0 Å². The fraction of sp³-hybridized carbons (Fsp3) is 0.130. The molecule has 10 heteroatoms. The Balaban J connectivity index is 1.95. The van der Waals surface area contributed by atoms with Crippen LogP contribution in [0.5, 0.6) is 11.5 Å². The van der Waals surface area contributed by atoms with Crippen molar-refractivity contribution in [2.45, 2.75) is 13.1 Å². The largest absolute Gasteiger partial charge is 0.456 e. The Kier molecular flexibility index (Phi) is 6.98. The average Bonchev–Trinajstić information content (AvgIpc) is 2.75. The van der Waals surface area contributed by atoms with E-state index >= 15 is 0 Å². The Morgan fingerprint density at radius 1 is 0.909 bits per heavy atom. The summed E-state index contributed by atoms with van der Waals surface area (Å²) in [7, 11) is 1.26. The molecule has 2 amide bonds. The van der Waals surface area contributed by atoms with Gasteiger partial charge in [-0.25, -0.2) is 9.87 Å². The molecule has 3 rings (SSSR count). The molecule has 3 aromatic rings. The lowest BCUT2D eigenvalue weighted by Gasteiger charge is -2.16. The van der Waals surface area contributed by atoms with Crippen LogP contribution in [0.25, 0.3) is 0 Å². The van der Waals surface area contributed by atoms with E-state index in [2.05, 4.69) is 15.6 Å². The zero-order valence-electron chi connectivity index (χ0n) is 17.4. The van der Waals surface area contributed by atoms with Crippen LogP contribution >= 0.6 is 0 Å². The maximum atomic E-state index is 13.4. The number of carbonyl (C=O) groups excluding carboxylic acids is 2. The van der Waals surface area contributed by atoms with Crippen molar-refractivity contribution in [2.24, 2.45) is 0 Å². The van der Waals surface area contributed by atoms with E-state index in [0.29, 0.717) is 11.6 Å². The molecule has 0 radical (unpaired) electrons. The molecule has 0 aliphatic rings. The monoisotopic (exact) mass is 462 g/mol. The first kappa shape index (κ1) is 23.7. The SMILES string of the molecule is CONC(=O)c1cccc(NC(=O)c2ccc(C(F)(F)F)cc2Oc2ccc(F)cc2C)c1. The molecular formula is C23H18F4N2O4. The number of hydrogen-bond acceptors (Lipinski definition) is 4. The number of hydroxylamine groups is 1. The van der Waals surface area contributed by atoms with Crippen LogP contribution in [0, 0.1) is 12.7 Å². The predicted octanol–water partition coefficient (Wildman–Crippen LogP) is 5.49. The van der Waals surface area contributed by atoms with E-state index < -0.39 is 29.4 Å². The number of nitrogens with one attached hydrogen (secondary N) is 2. The van der Waals surface area contributed by atoms with Crippen LogP contribution in [0.15, 0.2) is 60.7 Å². The molecule has 0 heterocycles. The number of halogens is 4. The maximum Gasteiger partial charge on any atom is 0.416 e. The van der Waals surface area contributed by atoms with Crippen LogP contribution in [0.2, 0.25) is 0 Å². The summed E-state index contributed by atoms with van der Waals surface area (Å²) in [5.74, 6) is -2.16. The second-order valence-electron chi connectivity index (χ2n) is 6.89. The van der Waals surface area contributed by atoms with Gasteiger partial charge < -0.3 is 10.1 Å². The highest BCUT2D eigenvalue weighted by Gasteiger charge is 2.32. The number of alkyl halides is 3. The smallest absolute Gasteiger partial charge is 0.416 e. The third kappa shape index (κ3) is 5.86. The molecule has 0 saturated heterocycles. The van der Waals surface area contributed by atoms with Crippen LogP contribution in [0.4, 0.5) is 23.2 Å². The van der Waals surface area contributed by atoms with Gasteiger partial charge in [-0.05, 0) is 67.1 Å². The van der Waals surface area contributed by atoms with E-state index in [1.54, 1.807) is 0 Å². The number of carbonyl (C=O) groups is 2. The Morgan fingerprint density at radius 2 is 1.67 bits per heavy atom. The first-order chi connectivity index (χ1) is 15.6. The Hall–Kier alpha value is -3.92. The van der Waals surface area contributed by atoms with Gasteiger partial charge in [-0.15, -0.1) is 0 Å². The molecule has 6 nitrogen and oxygen atoms in total. The molecule has 0 aliphatic heterocycles. The Labute approximate surface area is 186 Å². The Bertz CT molecular complexity index is 1200. The lowest BCUT2D eigenvalue weighted by Crippen LogP contribution is -2.22. The van der Waals surface area contributed by atoms with Crippen molar-refractivity contribution in [3.05, 3.63) is 88.7 Å². The fourth-order valence-electron chi connectivity index (χ4n) is 2.90. The van der Waals surface area contributed by atoms with E-state index in [0.717, 1.165) is 24.3 Å². The van der Waals surface area contributed by atoms with Gasteiger partial charge in [0.25, 0.3) is 11.8 Å². The van der Waals surface area contributed by atoms with Crippen LogP contribution in [-0.4, -0.2) is 18.9 Å². The van der Waals surface area contributed by atoms with Crippen LogP contribution in [0.1, 0.15) is 31.8 Å². The van der Waals surface area contributed by atoms with Crippen molar-refractivity contribution in [1.29, 1.82) is 0 Å². The molecule has 0 aliphatic carbocycles. The van der Waals surface area contributed by atoms with Gasteiger partial charge >= 0.3 is 6.18 Å². The van der Waals surface area contributed by atoms with E-state index in [4.69, 9.17) is 4.74 Å². The van der Waals surface area contributed by atoms with Gasteiger partial charge in [0.2, 0.25) is 0 Å². The summed E-state index contributed by atoms with van der Waals surface area (Å²) in [4.78, 5) is 29.3. The number of rotatable bonds is 6. The van der Waals surface area contributed by atoms with Crippen molar-refractivity contribution in [2.75, 3.05) is 12.4 Å². The van der Waals surface area contributed by atoms with Gasteiger partial charge in [-0.2, -0.15) is 13.2 Å². The molecule has 0 atom stereocenters. The highest BCUT2D eigenvalue weighted by atomic mass is 19.4. The number of hydrogen-bond donors (Lipinski definition) is 2. The van der Waals surface area contributed by atoms with Crippen molar-refractivity contribution >= 4 is 17.5 Å². The number of anilines is 1. The number of ether oxygens (including phenoxy) is 1. The molecule has 172 valence electrons. The minimum atomic E-state index is -4.67. The van der Waals surface area contributed by atoms with Crippen molar-refractivity contribution in [3.8, 4) is 11.5 Å².